The number of carboxylic acids is 1. The highest BCUT2D eigenvalue weighted by atomic mass is 35.5. The van der Waals surface area contributed by atoms with Gasteiger partial charge in [0.1, 0.15) is 6.04 Å². The molecule has 0 unspecified atom stereocenters. The summed E-state index contributed by atoms with van der Waals surface area (Å²) in [7, 11) is 0. The zero-order valence-corrected chi connectivity index (χ0v) is 11.4. The minimum absolute atomic E-state index is 0.413. The topological polar surface area (TPSA) is 66.4 Å². The SMILES string of the molecule is CCC[C@@H](NC(=O)/C=C/c1ccc(Cl)cc1)C(=O)O. The molecule has 0 spiro atoms. The van der Waals surface area contributed by atoms with E-state index in [4.69, 9.17) is 16.7 Å². The van der Waals surface area contributed by atoms with Gasteiger partial charge in [0, 0.05) is 11.1 Å². The molecule has 0 aliphatic rings. The zero-order valence-electron chi connectivity index (χ0n) is 10.6. The van der Waals surface area contributed by atoms with Crippen LogP contribution < -0.4 is 5.32 Å². The molecule has 0 radical (unpaired) electrons. The highest BCUT2D eigenvalue weighted by Crippen LogP contribution is 2.10. The van der Waals surface area contributed by atoms with Gasteiger partial charge in [0.15, 0.2) is 0 Å². The van der Waals surface area contributed by atoms with E-state index in [0.29, 0.717) is 17.9 Å². The summed E-state index contributed by atoms with van der Waals surface area (Å²) in [5.74, 6) is -1.44. The van der Waals surface area contributed by atoms with Gasteiger partial charge in [-0.15, -0.1) is 0 Å². The van der Waals surface area contributed by atoms with Gasteiger partial charge in [-0.3, -0.25) is 4.79 Å². The molecule has 4 nitrogen and oxygen atoms in total. The Morgan fingerprint density at radius 1 is 1.37 bits per heavy atom. The fourth-order valence-electron chi connectivity index (χ4n) is 1.51. The second kappa shape index (κ2) is 7.59. The van der Waals surface area contributed by atoms with Crippen LogP contribution in [-0.2, 0) is 9.59 Å². The number of aliphatic carboxylic acids is 1. The van der Waals surface area contributed by atoms with Crippen LogP contribution in [0, 0.1) is 0 Å². The quantitative estimate of drug-likeness (QED) is 0.788. The van der Waals surface area contributed by atoms with Gasteiger partial charge in [-0.1, -0.05) is 37.1 Å². The lowest BCUT2D eigenvalue weighted by Crippen LogP contribution is -2.39. The summed E-state index contributed by atoms with van der Waals surface area (Å²) < 4.78 is 0. The van der Waals surface area contributed by atoms with Gasteiger partial charge in [-0.2, -0.15) is 0 Å². The number of carboxylic acid groups (broad SMARTS) is 1. The molecule has 1 rings (SSSR count). The first kappa shape index (κ1) is 15.2. The van der Waals surface area contributed by atoms with Gasteiger partial charge in [0.05, 0.1) is 0 Å². The summed E-state index contributed by atoms with van der Waals surface area (Å²) in [6, 6.07) is 6.14. The van der Waals surface area contributed by atoms with Crippen LogP contribution in [0.5, 0.6) is 0 Å². The smallest absolute Gasteiger partial charge is 0.326 e. The van der Waals surface area contributed by atoms with E-state index < -0.39 is 17.9 Å². The maximum Gasteiger partial charge on any atom is 0.326 e. The number of halogens is 1. The van der Waals surface area contributed by atoms with Crippen LogP contribution in [0.4, 0.5) is 0 Å². The predicted molar refractivity (Wildman–Crippen MR) is 75.0 cm³/mol. The molecule has 1 atom stereocenters. The summed E-state index contributed by atoms with van der Waals surface area (Å²) in [6.07, 6.45) is 4.03. The lowest BCUT2D eigenvalue weighted by Gasteiger charge is -2.11. The Balaban J connectivity index is 2.58. The van der Waals surface area contributed by atoms with Crippen molar-refractivity contribution in [3.8, 4) is 0 Å². The fourth-order valence-corrected chi connectivity index (χ4v) is 1.64. The minimum atomic E-state index is -1.02. The molecule has 0 bridgehead atoms. The van der Waals surface area contributed by atoms with Crippen molar-refractivity contribution in [3.05, 3.63) is 40.9 Å². The molecule has 0 heterocycles. The summed E-state index contributed by atoms with van der Waals surface area (Å²) in [4.78, 5) is 22.5. The molecule has 102 valence electrons. The van der Waals surface area contributed by atoms with Crippen LogP contribution in [0.25, 0.3) is 6.08 Å². The number of rotatable bonds is 6. The molecule has 1 aromatic rings. The number of hydrogen-bond acceptors (Lipinski definition) is 2. The van der Waals surface area contributed by atoms with Crippen LogP contribution in [0.3, 0.4) is 0 Å². The fraction of sp³-hybridized carbons (Fsp3) is 0.286. The average Bonchev–Trinajstić information content (AvgIpc) is 2.37. The lowest BCUT2D eigenvalue weighted by atomic mass is 10.1. The molecule has 0 saturated carbocycles. The van der Waals surface area contributed by atoms with Crippen molar-refractivity contribution in [1.82, 2.24) is 5.32 Å². The molecule has 19 heavy (non-hydrogen) atoms. The van der Waals surface area contributed by atoms with Crippen molar-refractivity contribution >= 4 is 29.6 Å². The van der Waals surface area contributed by atoms with E-state index in [2.05, 4.69) is 5.32 Å². The zero-order chi connectivity index (χ0) is 14.3. The van der Waals surface area contributed by atoms with Gasteiger partial charge in [0.25, 0.3) is 0 Å². The van der Waals surface area contributed by atoms with Crippen LogP contribution in [-0.4, -0.2) is 23.0 Å². The summed E-state index contributed by atoms with van der Waals surface area (Å²) in [5.41, 5.74) is 0.821. The van der Waals surface area contributed by atoms with E-state index in [-0.39, 0.29) is 0 Å². The molecule has 5 heteroatoms. The van der Waals surface area contributed by atoms with Crippen molar-refractivity contribution < 1.29 is 14.7 Å². The highest BCUT2D eigenvalue weighted by Gasteiger charge is 2.17. The summed E-state index contributed by atoms with van der Waals surface area (Å²) in [5, 5.41) is 12.0. The first-order chi connectivity index (χ1) is 9.02. The summed E-state index contributed by atoms with van der Waals surface area (Å²) in [6.45, 7) is 1.87. The number of nitrogens with one attached hydrogen (secondary N) is 1. The maximum absolute atomic E-state index is 11.6. The molecule has 1 amide bonds. The van der Waals surface area contributed by atoms with Gasteiger partial charge < -0.3 is 10.4 Å². The summed E-state index contributed by atoms with van der Waals surface area (Å²) >= 11 is 5.74. The number of amides is 1. The van der Waals surface area contributed by atoms with E-state index in [1.165, 1.54) is 6.08 Å². The second-order valence-corrected chi connectivity index (χ2v) is 4.51. The molecular weight excluding hydrogens is 266 g/mol. The molecular formula is C14H16ClNO3. The molecule has 0 saturated heterocycles. The van der Waals surface area contributed by atoms with E-state index in [9.17, 15) is 9.59 Å². The Morgan fingerprint density at radius 3 is 2.53 bits per heavy atom. The standard InChI is InChI=1S/C14H16ClNO3/c1-2-3-12(14(18)19)16-13(17)9-6-10-4-7-11(15)8-5-10/h4-9,12H,2-3H2,1H3,(H,16,17)(H,18,19)/b9-6+/t12-/m1/s1. The van der Waals surface area contributed by atoms with Gasteiger partial charge >= 0.3 is 5.97 Å². The van der Waals surface area contributed by atoms with Gasteiger partial charge in [0.2, 0.25) is 5.91 Å². The van der Waals surface area contributed by atoms with Crippen LogP contribution >= 0.6 is 11.6 Å². The Bertz CT molecular complexity index is 468. The number of benzene rings is 1. The van der Waals surface area contributed by atoms with Crippen LogP contribution in [0.2, 0.25) is 5.02 Å². The van der Waals surface area contributed by atoms with Crippen molar-refractivity contribution in [3.63, 3.8) is 0 Å². The van der Waals surface area contributed by atoms with E-state index in [1.54, 1.807) is 30.3 Å². The number of hydrogen-bond donors (Lipinski definition) is 2. The van der Waals surface area contributed by atoms with Crippen molar-refractivity contribution in [1.29, 1.82) is 0 Å². The van der Waals surface area contributed by atoms with Crippen molar-refractivity contribution in [2.75, 3.05) is 0 Å². The second-order valence-electron chi connectivity index (χ2n) is 4.07. The monoisotopic (exact) mass is 281 g/mol. The van der Waals surface area contributed by atoms with Crippen LogP contribution in [0.15, 0.2) is 30.3 Å². The molecule has 2 N–H and O–H groups in total. The predicted octanol–water partition coefficient (Wildman–Crippen LogP) is 2.72. The number of carbonyl (C=O) groups is 2. The first-order valence-corrected chi connectivity index (χ1v) is 6.37. The largest absolute Gasteiger partial charge is 0.480 e. The first-order valence-electron chi connectivity index (χ1n) is 6.00. The normalized spacial score (nSPS) is 12.3. The maximum atomic E-state index is 11.6. The highest BCUT2D eigenvalue weighted by molar-refractivity contribution is 6.30. The minimum Gasteiger partial charge on any atom is -0.480 e. The Hall–Kier alpha value is -1.81. The number of carbonyl (C=O) groups excluding carboxylic acids is 1. The molecule has 1 aromatic carbocycles. The van der Waals surface area contributed by atoms with Gasteiger partial charge in [-0.05, 0) is 30.2 Å². The third kappa shape index (κ3) is 5.57. The molecule has 0 aliphatic carbocycles. The van der Waals surface area contributed by atoms with Crippen molar-refractivity contribution in [2.45, 2.75) is 25.8 Å². The van der Waals surface area contributed by atoms with Gasteiger partial charge in [-0.25, -0.2) is 4.79 Å². The molecule has 0 fully saturated rings. The Morgan fingerprint density at radius 2 is 2.00 bits per heavy atom. The molecule has 0 aromatic heterocycles. The van der Waals surface area contributed by atoms with Crippen LogP contribution in [0.1, 0.15) is 25.3 Å². The van der Waals surface area contributed by atoms with E-state index in [1.807, 2.05) is 6.92 Å². The Labute approximate surface area is 117 Å². The Kier molecular flexibility index (Phi) is 6.09. The molecule has 0 aliphatic heterocycles. The van der Waals surface area contributed by atoms with E-state index >= 15 is 0 Å². The third-order valence-corrected chi connectivity index (χ3v) is 2.74. The van der Waals surface area contributed by atoms with E-state index in [0.717, 1.165) is 5.56 Å². The third-order valence-electron chi connectivity index (χ3n) is 2.49. The average molecular weight is 282 g/mol. The lowest BCUT2D eigenvalue weighted by molar-refractivity contribution is -0.141. The van der Waals surface area contributed by atoms with Crippen molar-refractivity contribution in [2.24, 2.45) is 0 Å².